The molecule has 3 rings (SSSR count). The van der Waals surface area contributed by atoms with Crippen LogP contribution in [-0.2, 0) is 6.54 Å². The summed E-state index contributed by atoms with van der Waals surface area (Å²) in [6, 6.07) is 5.08. The highest BCUT2D eigenvalue weighted by Crippen LogP contribution is 2.44. The Balaban J connectivity index is 1.99. The second kappa shape index (κ2) is 5.80. The second-order valence-electron chi connectivity index (χ2n) is 4.98. The summed E-state index contributed by atoms with van der Waals surface area (Å²) >= 11 is 7.43. The number of nitrogens with one attached hydrogen (secondary N) is 1. The monoisotopic (exact) mass is 310 g/mol. The molecule has 1 aromatic heterocycles. The maximum absolute atomic E-state index is 14.1. The number of nitrogens with zero attached hydrogens (tertiary/aromatic N) is 1. The highest BCUT2D eigenvalue weighted by atomic mass is 35.5. The van der Waals surface area contributed by atoms with Crippen molar-refractivity contribution in [1.82, 2.24) is 10.3 Å². The van der Waals surface area contributed by atoms with E-state index in [9.17, 15) is 4.39 Å². The number of thiazole rings is 1. The van der Waals surface area contributed by atoms with Crippen LogP contribution in [0.2, 0.25) is 5.02 Å². The van der Waals surface area contributed by atoms with Crippen molar-refractivity contribution in [2.45, 2.75) is 32.2 Å². The van der Waals surface area contributed by atoms with Gasteiger partial charge in [0.05, 0.1) is 10.7 Å². The Labute approximate surface area is 127 Å². The molecule has 0 bridgehead atoms. The molecular formula is C15H16ClFN2S. The number of rotatable bonds is 5. The number of hydrogen-bond donors (Lipinski definition) is 1. The molecule has 0 amide bonds. The van der Waals surface area contributed by atoms with Crippen molar-refractivity contribution in [1.29, 1.82) is 0 Å². The number of halogens is 2. The first-order valence-electron chi connectivity index (χ1n) is 6.85. The van der Waals surface area contributed by atoms with E-state index in [4.69, 9.17) is 11.6 Å². The lowest BCUT2D eigenvalue weighted by molar-refractivity contribution is 0.631. The fourth-order valence-corrected chi connectivity index (χ4v) is 3.50. The molecule has 2 aromatic rings. The molecule has 5 heteroatoms. The highest BCUT2D eigenvalue weighted by Gasteiger charge is 2.30. The third kappa shape index (κ3) is 2.73. The van der Waals surface area contributed by atoms with Crippen LogP contribution in [0.5, 0.6) is 0 Å². The zero-order valence-corrected chi connectivity index (χ0v) is 12.8. The van der Waals surface area contributed by atoms with E-state index in [0.29, 0.717) is 11.5 Å². The summed E-state index contributed by atoms with van der Waals surface area (Å²) in [4.78, 5) is 5.90. The molecule has 1 aromatic carbocycles. The molecule has 0 unspecified atom stereocenters. The number of aromatic nitrogens is 1. The minimum atomic E-state index is -0.375. The molecule has 0 spiro atoms. The minimum absolute atomic E-state index is 0.152. The van der Waals surface area contributed by atoms with Gasteiger partial charge in [-0.2, -0.15) is 0 Å². The van der Waals surface area contributed by atoms with Crippen molar-refractivity contribution in [3.63, 3.8) is 0 Å². The summed E-state index contributed by atoms with van der Waals surface area (Å²) in [5, 5.41) is 4.22. The maximum Gasteiger partial charge on any atom is 0.152 e. The zero-order chi connectivity index (χ0) is 14.1. The molecule has 2 nitrogen and oxygen atoms in total. The topological polar surface area (TPSA) is 24.9 Å². The van der Waals surface area contributed by atoms with Crippen molar-refractivity contribution in [3.8, 4) is 10.6 Å². The van der Waals surface area contributed by atoms with E-state index >= 15 is 0 Å². The van der Waals surface area contributed by atoms with Crippen LogP contribution in [0.4, 0.5) is 4.39 Å². The third-order valence-electron chi connectivity index (χ3n) is 3.41. The van der Waals surface area contributed by atoms with Gasteiger partial charge in [-0.25, -0.2) is 9.37 Å². The van der Waals surface area contributed by atoms with Gasteiger partial charge in [-0.05, 0) is 31.5 Å². The van der Waals surface area contributed by atoms with E-state index in [1.165, 1.54) is 17.7 Å². The lowest BCUT2D eigenvalue weighted by Gasteiger charge is -2.00. The van der Waals surface area contributed by atoms with Crippen LogP contribution in [0.1, 0.15) is 36.3 Å². The van der Waals surface area contributed by atoms with Gasteiger partial charge in [0.1, 0.15) is 5.01 Å². The molecule has 106 valence electrons. The van der Waals surface area contributed by atoms with E-state index in [1.807, 2.05) is 0 Å². The van der Waals surface area contributed by atoms with Gasteiger partial charge in [0.15, 0.2) is 5.82 Å². The minimum Gasteiger partial charge on any atom is -0.312 e. The van der Waals surface area contributed by atoms with Crippen LogP contribution in [-0.4, -0.2) is 11.5 Å². The normalized spacial score (nSPS) is 14.8. The first-order chi connectivity index (χ1) is 9.70. The Kier molecular flexibility index (Phi) is 4.06. The smallest absolute Gasteiger partial charge is 0.152 e. The van der Waals surface area contributed by atoms with Crippen LogP contribution in [0.25, 0.3) is 10.6 Å². The standard InChI is InChI=1S/C15H16ClFN2S/c1-2-18-8-12-14(9-6-7-9)19-15(20-12)10-4-3-5-11(16)13(10)17/h3-5,9,18H,2,6-8H2,1H3. The van der Waals surface area contributed by atoms with Crippen LogP contribution < -0.4 is 5.32 Å². The van der Waals surface area contributed by atoms with Gasteiger partial charge in [-0.3, -0.25) is 0 Å². The molecule has 1 saturated carbocycles. The maximum atomic E-state index is 14.1. The summed E-state index contributed by atoms with van der Waals surface area (Å²) in [6.07, 6.45) is 2.39. The molecule has 1 N–H and O–H groups in total. The van der Waals surface area contributed by atoms with Crippen molar-refractivity contribution < 1.29 is 4.39 Å². The van der Waals surface area contributed by atoms with Gasteiger partial charge in [0.25, 0.3) is 0 Å². The fourth-order valence-electron chi connectivity index (χ4n) is 2.19. The van der Waals surface area contributed by atoms with Gasteiger partial charge >= 0.3 is 0 Å². The Morgan fingerprint density at radius 3 is 2.95 bits per heavy atom. The van der Waals surface area contributed by atoms with E-state index in [2.05, 4.69) is 17.2 Å². The van der Waals surface area contributed by atoms with E-state index < -0.39 is 0 Å². The highest BCUT2D eigenvalue weighted by molar-refractivity contribution is 7.15. The van der Waals surface area contributed by atoms with Crippen LogP contribution in [0.3, 0.4) is 0 Å². The van der Waals surface area contributed by atoms with Gasteiger partial charge in [0, 0.05) is 22.9 Å². The molecule has 0 aliphatic heterocycles. The Morgan fingerprint density at radius 1 is 1.45 bits per heavy atom. The second-order valence-corrected chi connectivity index (χ2v) is 6.47. The molecule has 1 aliphatic rings. The van der Waals surface area contributed by atoms with Crippen molar-refractivity contribution in [2.75, 3.05) is 6.54 Å². The Bertz CT molecular complexity index is 622. The van der Waals surface area contributed by atoms with Crippen molar-refractivity contribution in [3.05, 3.63) is 39.6 Å². The number of benzene rings is 1. The molecule has 1 heterocycles. The lowest BCUT2D eigenvalue weighted by Crippen LogP contribution is -2.11. The predicted octanol–water partition coefficient (Wildman–Crippen LogP) is 4.59. The quantitative estimate of drug-likeness (QED) is 0.873. The average Bonchev–Trinajstić information content (AvgIpc) is 3.20. The number of hydrogen-bond acceptors (Lipinski definition) is 3. The summed E-state index contributed by atoms with van der Waals surface area (Å²) < 4.78 is 14.1. The first kappa shape index (κ1) is 14.0. The Morgan fingerprint density at radius 2 is 2.25 bits per heavy atom. The summed E-state index contributed by atoms with van der Waals surface area (Å²) in [6.45, 7) is 3.81. The third-order valence-corrected chi connectivity index (χ3v) is 4.81. The zero-order valence-electron chi connectivity index (χ0n) is 11.2. The predicted molar refractivity (Wildman–Crippen MR) is 81.9 cm³/mol. The molecule has 0 atom stereocenters. The molecule has 1 aliphatic carbocycles. The van der Waals surface area contributed by atoms with Crippen molar-refractivity contribution in [2.24, 2.45) is 0 Å². The largest absolute Gasteiger partial charge is 0.312 e. The lowest BCUT2D eigenvalue weighted by atomic mass is 10.2. The Hall–Kier alpha value is -0.970. The average molecular weight is 311 g/mol. The molecular weight excluding hydrogens is 295 g/mol. The van der Waals surface area contributed by atoms with Gasteiger partial charge < -0.3 is 5.32 Å². The first-order valence-corrected chi connectivity index (χ1v) is 8.04. The fraction of sp³-hybridized carbons (Fsp3) is 0.400. The van der Waals surface area contributed by atoms with E-state index in [-0.39, 0.29) is 10.8 Å². The summed E-state index contributed by atoms with van der Waals surface area (Å²) in [7, 11) is 0. The summed E-state index contributed by atoms with van der Waals surface area (Å²) in [5.74, 6) is 0.191. The molecule has 0 radical (unpaired) electrons. The van der Waals surface area contributed by atoms with Crippen molar-refractivity contribution >= 4 is 22.9 Å². The van der Waals surface area contributed by atoms with Crippen LogP contribution in [0, 0.1) is 5.82 Å². The molecule has 1 fully saturated rings. The van der Waals surface area contributed by atoms with Gasteiger partial charge in [0.2, 0.25) is 0 Å². The summed E-state index contributed by atoms with van der Waals surface area (Å²) in [5.41, 5.74) is 1.65. The molecule has 20 heavy (non-hydrogen) atoms. The molecule has 0 saturated heterocycles. The van der Waals surface area contributed by atoms with E-state index in [1.54, 1.807) is 29.5 Å². The van der Waals surface area contributed by atoms with Gasteiger partial charge in [-0.1, -0.05) is 24.6 Å². The van der Waals surface area contributed by atoms with Crippen LogP contribution >= 0.6 is 22.9 Å². The van der Waals surface area contributed by atoms with Gasteiger partial charge in [-0.15, -0.1) is 11.3 Å². The SMILES string of the molecule is CCNCc1sc(-c2cccc(Cl)c2F)nc1C1CC1. The van der Waals surface area contributed by atoms with Crippen LogP contribution in [0.15, 0.2) is 18.2 Å². The van der Waals surface area contributed by atoms with E-state index in [0.717, 1.165) is 23.8 Å².